The van der Waals surface area contributed by atoms with E-state index in [0.717, 1.165) is 25.7 Å². The molecule has 6 aromatic rings. The maximum absolute atomic E-state index is 14.7. The van der Waals surface area contributed by atoms with Gasteiger partial charge in [0.05, 0.1) is 51.4 Å². The fourth-order valence-corrected chi connectivity index (χ4v) is 8.86. The van der Waals surface area contributed by atoms with E-state index in [-0.39, 0.29) is 56.3 Å². The predicted molar refractivity (Wildman–Crippen MR) is 204 cm³/mol. The second-order valence-electron chi connectivity index (χ2n) is 13.0. The number of carbonyl (C=O) groups excluding carboxylic acids is 1. The van der Waals surface area contributed by atoms with Crippen molar-refractivity contribution < 1.29 is 40.2 Å². The van der Waals surface area contributed by atoms with Gasteiger partial charge in [0.2, 0.25) is 10.0 Å². The van der Waals surface area contributed by atoms with Crippen LogP contribution >= 0.6 is 27.5 Å². The molecule has 1 saturated carbocycles. The van der Waals surface area contributed by atoms with Gasteiger partial charge in [0, 0.05) is 17.0 Å². The van der Waals surface area contributed by atoms with Gasteiger partial charge in [0.1, 0.15) is 23.9 Å². The number of hydrogen-bond donors (Lipinski definition) is 1. The minimum Gasteiger partial charge on any atom is -0.497 e. The van der Waals surface area contributed by atoms with Gasteiger partial charge in [-0.05, 0) is 78.6 Å². The highest BCUT2D eigenvalue weighted by Crippen LogP contribution is 2.42. The maximum Gasteiger partial charge on any atom is 0.405 e. The van der Waals surface area contributed by atoms with Crippen molar-refractivity contribution in [3.63, 3.8) is 0 Å². The lowest BCUT2D eigenvalue weighted by Gasteiger charge is -2.23. The molecule has 0 bridgehead atoms. The number of sulfonamides is 1. The molecule has 1 aliphatic carbocycles. The summed E-state index contributed by atoms with van der Waals surface area (Å²) in [5.74, 6) is -1.95. The van der Waals surface area contributed by atoms with E-state index in [0.29, 0.717) is 34.7 Å². The second kappa shape index (κ2) is 15.4. The van der Waals surface area contributed by atoms with Gasteiger partial charge in [0.25, 0.3) is 12.0 Å². The quantitative estimate of drug-likeness (QED) is 0.117. The Hall–Kier alpha value is -5.20. The first-order valence-electron chi connectivity index (χ1n) is 16.9. The number of nitrogens with zero attached hydrogens (tertiary/aromatic N) is 5. The Bertz CT molecular complexity index is 2660. The van der Waals surface area contributed by atoms with E-state index in [2.05, 4.69) is 26.0 Å². The van der Waals surface area contributed by atoms with Crippen LogP contribution in [-0.4, -0.2) is 52.6 Å². The minimum absolute atomic E-state index is 0.00498. The summed E-state index contributed by atoms with van der Waals surface area (Å²) in [7, 11) is -2.67. The van der Waals surface area contributed by atoms with E-state index in [1.54, 1.807) is 30.3 Å². The molecular weight excluding hydrogens is 848 g/mol. The molecule has 19 heteroatoms. The summed E-state index contributed by atoms with van der Waals surface area (Å²) in [6, 6.07) is 16.4. The summed E-state index contributed by atoms with van der Waals surface area (Å²) in [6.45, 7) is -1.33. The predicted octanol–water partition coefficient (Wildman–Crippen LogP) is 7.58. The van der Waals surface area contributed by atoms with Gasteiger partial charge in [0.15, 0.2) is 17.7 Å². The van der Waals surface area contributed by atoms with E-state index >= 15 is 0 Å². The number of anilines is 1. The molecule has 0 unspecified atom stereocenters. The first kappa shape index (κ1) is 39.1. The summed E-state index contributed by atoms with van der Waals surface area (Å²) >= 11 is 10.2. The lowest BCUT2D eigenvalue weighted by Crippen LogP contribution is -2.34. The molecule has 2 aromatic heterocycles. The van der Waals surface area contributed by atoms with Crippen molar-refractivity contribution in [1.29, 1.82) is 0 Å². The molecule has 7 rings (SSSR count). The Kier molecular flexibility index (Phi) is 10.7. The molecule has 56 heavy (non-hydrogen) atoms. The van der Waals surface area contributed by atoms with Crippen LogP contribution in [0.1, 0.15) is 35.9 Å². The number of ether oxygens (including phenoxy) is 2. The molecule has 292 valence electrons. The summed E-state index contributed by atoms with van der Waals surface area (Å²) < 4.78 is 99.9. The topological polar surface area (TPSA) is 152 Å². The third-order valence-electron chi connectivity index (χ3n) is 9.08. The van der Waals surface area contributed by atoms with Crippen LogP contribution in [0.3, 0.4) is 0 Å². The van der Waals surface area contributed by atoms with Crippen LogP contribution in [0.5, 0.6) is 5.75 Å². The Morgan fingerprint density at radius 1 is 1.04 bits per heavy atom. The van der Waals surface area contributed by atoms with Gasteiger partial charge in [-0.2, -0.15) is 5.10 Å². The first-order chi connectivity index (χ1) is 26.6. The highest BCUT2D eigenvalue weighted by molar-refractivity contribution is 9.10. The smallest absolute Gasteiger partial charge is 0.405 e. The van der Waals surface area contributed by atoms with Crippen molar-refractivity contribution in [2.75, 3.05) is 11.4 Å². The van der Waals surface area contributed by atoms with Crippen molar-refractivity contribution in [3.8, 4) is 11.4 Å². The normalized spacial score (nSPS) is 13.7. The van der Waals surface area contributed by atoms with E-state index in [9.17, 15) is 35.6 Å². The number of rotatable bonds is 13. The van der Waals surface area contributed by atoms with Gasteiger partial charge < -0.3 is 15.2 Å². The number of fused-ring (bicyclic) bond motifs is 2. The molecule has 0 spiro atoms. The molecule has 2 N–H and O–H groups in total. The fraction of sp³-hybridized carbons (Fsp3) is 0.243. The van der Waals surface area contributed by atoms with E-state index < -0.39 is 64.1 Å². The van der Waals surface area contributed by atoms with Gasteiger partial charge in [-0.1, -0.05) is 39.7 Å². The summed E-state index contributed by atoms with van der Waals surface area (Å²) in [4.78, 5) is 31.7. The average Bonchev–Trinajstić information content (AvgIpc) is 3.93. The SMILES string of the molecule is COc1ccc(CN(c2nn(CC(F)F)c3c(-n4c([C@H](Cc5cc(F)cc(F)c5)OC(N)=O)nc5cc(Br)ccc5c4=O)ccc(Cl)c23)S(=O)(=O)C2CC2)cc1. The Morgan fingerprint density at radius 2 is 1.73 bits per heavy atom. The van der Waals surface area contributed by atoms with Gasteiger partial charge in [-0.25, -0.2) is 40.1 Å². The number of hydrogen-bond acceptors (Lipinski definition) is 8. The maximum atomic E-state index is 14.7. The molecule has 2 heterocycles. The van der Waals surface area contributed by atoms with Crippen molar-refractivity contribution in [2.24, 2.45) is 5.73 Å². The highest BCUT2D eigenvalue weighted by Gasteiger charge is 2.42. The first-order valence-corrected chi connectivity index (χ1v) is 19.6. The minimum atomic E-state index is -4.15. The van der Waals surface area contributed by atoms with Crippen LogP contribution in [0.25, 0.3) is 27.5 Å². The molecule has 1 fully saturated rings. The van der Waals surface area contributed by atoms with E-state index in [1.165, 1.54) is 31.4 Å². The average molecular weight is 878 g/mol. The summed E-state index contributed by atoms with van der Waals surface area (Å²) in [5.41, 5.74) is 4.96. The molecule has 1 aliphatic rings. The molecule has 1 amide bonds. The number of alkyl halides is 2. The van der Waals surface area contributed by atoms with E-state index in [1.807, 2.05) is 0 Å². The number of methoxy groups -OCH3 is 1. The molecule has 0 radical (unpaired) electrons. The number of carbonyl (C=O) groups is 1. The Labute approximate surface area is 329 Å². The zero-order valence-electron chi connectivity index (χ0n) is 29.1. The summed E-state index contributed by atoms with van der Waals surface area (Å²) in [5, 5.41) is 3.53. The van der Waals surface area contributed by atoms with Crippen LogP contribution < -0.4 is 20.3 Å². The Balaban J connectivity index is 1.53. The molecule has 1 atom stereocenters. The number of benzene rings is 4. The third kappa shape index (κ3) is 7.77. The Morgan fingerprint density at radius 3 is 2.36 bits per heavy atom. The zero-order chi connectivity index (χ0) is 40.1. The van der Waals surface area contributed by atoms with Crippen molar-refractivity contribution in [1.82, 2.24) is 19.3 Å². The van der Waals surface area contributed by atoms with Crippen molar-refractivity contribution >= 4 is 71.3 Å². The highest BCUT2D eigenvalue weighted by atomic mass is 79.9. The lowest BCUT2D eigenvalue weighted by atomic mass is 10.1. The second-order valence-corrected chi connectivity index (χ2v) is 16.4. The number of primary amides is 1. The number of nitrogens with two attached hydrogens (primary N) is 1. The van der Waals surface area contributed by atoms with Crippen LogP contribution in [0.2, 0.25) is 5.02 Å². The summed E-state index contributed by atoms with van der Waals surface area (Å²) in [6.07, 6.45) is -5.66. The molecule has 0 saturated heterocycles. The van der Waals surface area contributed by atoms with Crippen LogP contribution in [0.4, 0.5) is 28.2 Å². The molecule has 12 nitrogen and oxygen atoms in total. The number of aromatic nitrogens is 4. The zero-order valence-corrected chi connectivity index (χ0v) is 32.3. The molecule has 4 aromatic carbocycles. The van der Waals surface area contributed by atoms with Crippen LogP contribution in [0, 0.1) is 11.6 Å². The third-order valence-corrected chi connectivity index (χ3v) is 12.1. The van der Waals surface area contributed by atoms with Crippen molar-refractivity contribution in [3.05, 3.63) is 121 Å². The lowest BCUT2D eigenvalue weighted by molar-refractivity contribution is 0.0999. The fourth-order valence-electron chi connectivity index (χ4n) is 6.48. The van der Waals surface area contributed by atoms with Gasteiger partial charge in [-0.15, -0.1) is 0 Å². The van der Waals surface area contributed by atoms with E-state index in [4.69, 9.17) is 26.8 Å². The van der Waals surface area contributed by atoms with Gasteiger partial charge >= 0.3 is 6.09 Å². The molecular formula is C37H30BrClF4N6O6S. The van der Waals surface area contributed by atoms with Crippen LogP contribution in [0.15, 0.2) is 82.1 Å². The number of amides is 1. The monoisotopic (exact) mass is 876 g/mol. The van der Waals surface area contributed by atoms with Crippen molar-refractivity contribution in [2.45, 2.75) is 50.1 Å². The van der Waals surface area contributed by atoms with Gasteiger partial charge in [-0.3, -0.25) is 14.0 Å². The molecule has 0 aliphatic heterocycles. The number of halogens is 6. The standard InChI is InChI=1S/C37H30BrClF4N6O6S/c1-54-24-5-2-19(3-6-24)17-48(56(52,53)25-7-8-25)35-32-27(39)10-11-29(33(32)47(46-35)18-31(42)43)49-34(45-28-15-21(38)4-9-26(28)36(49)50)30(55-37(44)51)14-20-12-22(40)16-23(41)13-20/h2-6,9-13,15-16,25,30-31H,7-8,14,17-18H2,1H3,(H2,44,51)/t30-/m0/s1. The van der Waals surface area contributed by atoms with Crippen LogP contribution in [-0.2, 0) is 34.3 Å². The largest absolute Gasteiger partial charge is 0.497 e.